The molecule has 1 rings (SSSR count). The summed E-state index contributed by atoms with van der Waals surface area (Å²) in [6.07, 6.45) is 3.71. The van der Waals surface area contributed by atoms with E-state index < -0.39 is 0 Å². The Morgan fingerprint density at radius 2 is 2.71 bits per heavy atom. The molecular weight excluding hydrogens is 156 g/mol. The van der Waals surface area contributed by atoms with Crippen molar-refractivity contribution in [3.8, 4) is 0 Å². The van der Waals surface area contributed by atoms with Gasteiger partial charge in [-0.25, -0.2) is 4.99 Å². The van der Waals surface area contributed by atoms with E-state index in [-0.39, 0.29) is 0 Å². The molecule has 1 heterocycles. The Hall–Kier alpha value is -0.310. The predicted octanol–water partition coefficient (Wildman–Crippen LogP) is 0.854. The third-order valence-corrected chi connectivity index (χ3v) is 1.14. The minimum Gasteiger partial charge on any atom is -0.361 e. The van der Waals surface area contributed by atoms with E-state index in [0.717, 1.165) is 11.3 Å². The Morgan fingerprint density at radius 3 is 3.00 bits per heavy atom. The molecule has 1 N–H and O–H groups in total. The van der Waals surface area contributed by atoms with Crippen LogP contribution in [0.3, 0.4) is 0 Å². The number of halogens is 1. The maximum Gasteiger partial charge on any atom is 0.170 e. The van der Waals surface area contributed by atoms with Crippen LogP contribution in [0.15, 0.2) is 17.3 Å². The van der Waals surface area contributed by atoms with Crippen molar-refractivity contribution in [3.05, 3.63) is 12.3 Å². The number of hydrogen-bond donors (Lipinski definition) is 1. The fourth-order valence-electron chi connectivity index (χ4n) is 0.360. The van der Waals surface area contributed by atoms with Gasteiger partial charge in [0.1, 0.15) is 0 Å². The molecular formula is C4H5BrN2. The molecule has 0 unspecified atom stereocenters. The van der Waals surface area contributed by atoms with Gasteiger partial charge < -0.3 is 5.32 Å². The minimum absolute atomic E-state index is 0.815. The molecule has 0 atom stereocenters. The Balaban J connectivity index is 2.57. The van der Waals surface area contributed by atoms with Gasteiger partial charge in [0, 0.05) is 12.7 Å². The third kappa shape index (κ3) is 1.31. The summed E-state index contributed by atoms with van der Waals surface area (Å²) >= 11 is 3.18. The molecule has 7 heavy (non-hydrogen) atoms. The number of nitrogens with zero attached hydrogens (tertiary/aromatic N) is 1. The Morgan fingerprint density at radius 1 is 1.86 bits per heavy atom. The number of hydrogen-bond acceptors (Lipinski definition) is 2. The van der Waals surface area contributed by atoms with Crippen molar-refractivity contribution < 1.29 is 0 Å². The zero-order valence-electron chi connectivity index (χ0n) is 3.69. The summed E-state index contributed by atoms with van der Waals surface area (Å²) in [7, 11) is 0. The van der Waals surface area contributed by atoms with Crippen LogP contribution in [0.1, 0.15) is 0 Å². The number of rotatable bonds is 0. The second kappa shape index (κ2) is 2.12. The monoisotopic (exact) mass is 160 g/mol. The van der Waals surface area contributed by atoms with Crippen LogP contribution in [0.2, 0.25) is 0 Å². The molecule has 1 aliphatic heterocycles. The van der Waals surface area contributed by atoms with Crippen LogP contribution in [-0.4, -0.2) is 11.3 Å². The summed E-state index contributed by atoms with van der Waals surface area (Å²) in [5.74, 6) is 0. The van der Waals surface area contributed by atoms with Crippen LogP contribution in [0.25, 0.3) is 0 Å². The van der Waals surface area contributed by atoms with Crippen LogP contribution in [0.4, 0.5) is 0 Å². The molecule has 0 aromatic heterocycles. The second-order valence-corrected chi connectivity index (χ2v) is 1.94. The van der Waals surface area contributed by atoms with Gasteiger partial charge in [0.15, 0.2) is 4.74 Å². The first-order chi connectivity index (χ1) is 3.39. The van der Waals surface area contributed by atoms with Gasteiger partial charge in [-0.2, -0.15) is 0 Å². The molecule has 0 saturated carbocycles. The number of nitrogens with one attached hydrogen (secondary N) is 1. The first-order valence-electron chi connectivity index (χ1n) is 2.02. The standard InChI is InChI=1S/C4H5BrN2/c5-4-6-2-1-3-7-4/h1-2H,3H2,(H,6,7). The van der Waals surface area contributed by atoms with Crippen molar-refractivity contribution in [1.82, 2.24) is 5.32 Å². The van der Waals surface area contributed by atoms with Gasteiger partial charge >= 0.3 is 0 Å². The van der Waals surface area contributed by atoms with Crippen molar-refractivity contribution in [1.29, 1.82) is 0 Å². The van der Waals surface area contributed by atoms with Crippen molar-refractivity contribution in [3.63, 3.8) is 0 Å². The smallest absolute Gasteiger partial charge is 0.170 e. The van der Waals surface area contributed by atoms with Gasteiger partial charge in [-0.15, -0.1) is 0 Å². The molecule has 0 aromatic rings. The largest absolute Gasteiger partial charge is 0.361 e. The fraction of sp³-hybridized carbons (Fsp3) is 0.250. The Bertz CT molecular complexity index is 117. The van der Waals surface area contributed by atoms with Crippen LogP contribution in [0, 0.1) is 0 Å². The molecule has 0 aliphatic carbocycles. The molecule has 2 nitrogen and oxygen atoms in total. The van der Waals surface area contributed by atoms with E-state index in [9.17, 15) is 0 Å². The predicted molar refractivity (Wildman–Crippen MR) is 33.5 cm³/mol. The second-order valence-electron chi connectivity index (χ2n) is 1.19. The van der Waals surface area contributed by atoms with Crippen molar-refractivity contribution in [2.24, 2.45) is 4.99 Å². The first-order valence-corrected chi connectivity index (χ1v) is 2.81. The minimum atomic E-state index is 0.815. The SMILES string of the molecule is BrC1=NC=CCN1. The van der Waals surface area contributed by atoms with E-state index in [1.807, 2.05) is 6.08 Å². The highest BCUT2D eigenvalue weighted by Gasteiger charge is 1.89. The van der Waals surface area contributed by atoms with Gasteiger partial charge in [-0.05, 0) is 22.0 Å². The number of amidine groups is 1. The van der Waals surface area contributed by atoms with Crippen LogP contribution >= 0.6 is 15.9 Å². The van der Waals surface area contributed by atoms with Crippen molar-refractivity contribution in [2.75, 3.05) is 6.54 Å². The average molecular weight is 161 g/mol. The van der Waals surface area contributed by atoms with Crippen molar-refractivity contribution >= 4 is 20.7 Å². The zero-order chi connectivity index (χ0) is 5.11. The highest BCUT2D eigenvalue weighted by Crippen LogP contribution is 1.90. The maximum absolute atomic E-state index is 3.87. The molecule has 0 bridgehead atoms. The van der Waals surface area contributed by atoms with Crippen LogP contribution in [-0.2, 0) is 0 Å². The third-order valence-electron chi connectivity index (χ3n) is 0.659. The molecule has 38 valence electrons. The lowest BCUT2D eigenvalue weighted by Crippen LogP contribution is -2.19. The van der Waals surface area contributed by atoms with E-state index in [0.29, 0.717) is 0 Å². The molecule has 0 amide bonds. The quantitative estimate of drug-likeness (QED) is 0.523. The van der Waals surface area contributed by atoms with E-state index in [2.05, 4.69) is 26.2 Å². The van der Waals surface area contributed by atoms with E-state index in [4.69, 9.17) is 0 Å². The molecule has 0 aromatic carbocycles. The molecule has 0 fully saturated rings. The van der Waals surface area contributed by atoms with E-state index >= 15 is 0 Å². The zero-order valence-corrected chi connectivity index (χ0v) is 5.27. The van der Waals surface area contributed by atoms with Gasteiger partial charge in [0.25, 0.3) is 0 Å². The Kier molecular flexibility index (Phi) is 1.46. The number of aliphatic imine (C=N–C) groups is 1. The fourth-order valence-corrected chi connectivity index (χ4v) is 0.640. The lowest BCUT2D eigenvalue weighted by atomic mass is 10.6. The van der Waals surface area contributed by atoms with Gasteiger partial charge in [0.2, 0.25) is 0 Å². The van der Waals surface area contributed by atoms with E-state index in [1.54, 1.807) is 6.20 Å². The summed E-state index contributed by atoms with van der Waals surface area (Å²) in [4.78, 5) is 3.87. The summed E-state index contributed by atoms with van der Waals surface area (Å²) in [5.41, 5.74) is 0. The van der Waals surface area contributed by atoms with Gasteiger partial charge in [-0.1, -0.05) is 0 Å². The summed E-state index contributed by atoms with van der Waals surface area (Å²) < 4.78 is 0.815. The lowest BCUT2D eigenvalue weighted by molar-refractivity contribution is 1.03. The molecule has 0 spiro atoms. The molecule has 0 saturated heterocycles. The van der Waals surface area contributed by atoms with Crippen LogP contribution in [0.5, 0.6) is 0 Å². The normalized spacial score (nSPS) is 18.1. The van der Waals surface area contributed by atoms with Crippen LogP contribution < -0.4 is 5.32 Å². The molecule has 1 aliphatic rings. The topological polar surface area (TPSA) is 24.4 Å². The maximum atomic E-state index is 3.87. The Labute approximate surface area is 50.5 Å². The lowest BCUT2D eigenvalue weighted by Gasteiger charge is -2.00. The van der Waals surface area contributed by atoms with Crippen molar-refractivity contribution in [2.45, 2.75) is 0 Å². The van der Waals surface area contributed by atoms with Gasteiger partial charge in [0.05, 0.1) is 0 Å². The van der Waals surface area contributed by atoms with E-state index in [1.165, 1.54) is 0 Å². The highest BCUT2D eigenvalue weighted by atomic mass is 79.9. The summed E-state index contributed by atoms with van der Waals surface area (Å²) in [5, 5.41) is 2.96. The first kappa shape index (κ1) is 4.84. The average Bonchev–Trinajstić information content (AvgIpc) is 1.69. The summed E-state index contributed by atoms with van der Waals surface area (Å²) in [6, 6.07) is 0. The van der Waals surface area contributed by atoms with Gasteiger partial charge in [-0.3, -0.25) is 0 Å². The highest BCUT2D eigenvalue weighted by molar-refractivity contribution is 9.18. The molecule has 0 radical (unpaired) electrons. The summed E-state index contributed by atoms with van der Waals surface area (Å²) in [6.45, 7) is 0.879. The molecule has 3 heteroatoms.